The minimum atomic E-state index is -0.615. The molecule has 0 amide bonds. The van der Waals surface area contributed by atoms with E-state index in [1.165, 1.54) is 11.8 Å². The molecule has 1 saturated heterocycles. The Kier molecular flexibility index (Phi) is 6.71. The average molecular weight is 500 g/mol. The number of hydrogen-bond acceptors (Lipinski definition) is 7. The summed E-state index contributed by atoms with van der Waals surface area (Å²) in [5.41, 5.74) is 0.749. The van der Waals surface area contributed by atoms with Gasteiger partial charge in [-0.25, -0.2) is 0 Å². The van der Waals surface area contributed by atoms with Crippen molar-refractivity contribution in [2.24, 2.45) is 0 Å². The van der Waals surface area contributed by atoms with E-state index < -0.39 is 17.7 Å². The number of rotatable bonds is 5. The summed E-state index contributed by atoms with van der Waals surface area (Å²) in [5, 5.41) is 11.2. The second-order valence-electron chi connectivity index (χ2n) is 8.99. The van der Waals surface area contributed by atoms with Gasteiger partial charge in [-0.2, -0.15) is 0 Å². The van der Waals surface area contributed by atoms with Crippen LogP contribution in [0.5, 0.6) is 0 Å². The Morgan fingerprint density at radius 1 is 1.15 bits per heavy atom. The van der Waals surface area contributed by atoms with E-state index in [4.69, 9.17) is 21.1 Å². The molecule has 6 nitrogen and oxygen atoms in total. The van der Waals surface area contributed by atoms with Crippen molar-refractivity contribution in [2.45, 2.75) is 31.0 Å². The van der Waals surface area contributed by atoms with E-state index in [0.717, 1.165) is 31.0 Å². The van der Waals surface area contributed by atoms with Gasteiger partial charge >= 0.3 is 0 Å². The van der Waals surface area contributed by atoms with Crippen LogP contribution < -0.4 is 0 Å². The second-order valence-corrected chi connectivity index (χ2v) is 10.5. The molecule has 4 aliphatic rings. The normalized spacial score (nSPS) is 22.9. The molecule has 1 aromatic carbocycles. The highest BCUT2D eigenvalue weighted by Crippen LogP contribution is 2.47. The first kappa shape index (κ1) is 23.4. The molecule has 0 radical (unpaired) electrons. The fourth-order valence-corrected chi connectivity index (χ4v) is 6.04. The maximum Gasteiger partial charge on any atom is 0.243 e. The molecule has 8 heteroatoms. The number of nitrogens with zero attached hydrogens (tertiary/aromatic N) is 1. The molecule has 0 bridgehead atoms. The predicted molar refractivity (Wildman–Crippen MR) is 132 cm³/mol. The molecule has 34 heavy (non-hydrogen) atoms. The van der Waals surface area contributed by atoms with E-state index in [2.05, 4.69) is 4.90 Å². The van der Waals surface area contributed by atoms with E-state index in [0.29, 0.717) is 46.3 Å². The number of hydrogen-bond donors (Lipinski definition) is 1. The topological polar surface area (TPSA) is 76.1 Å². The van der Waals surface area contributed by atoms with Crippen LogP contribution in [-0.2, 0) is 14.3 Å². The molecule has 1 unspecified atom stereocenters. The van der Waals surface area contributed by atoms with Gasteiger partial charge in [0.25, 0.3) is 0 Å². The summed E-state index contributed by atoms with van der Waals surface area (Å²) >= 11 is 7.46. The van der Waals surface area contributed by atoms with Gasteiger partial charge in [-0.05, 0) is 18.2 Å². The molecule has 1 aromatic rings. The van der Waals surface area contributed by atoms with Crippen LogP contribution in [0.3, 0.4) is 0 Å². The van der Waals surface area contributed by atoms with Crippen LogP contribution in [0.4, 0.5) is 0 Å². The predicted octanol–water partition coefficient (Wildman–Crippen LogP) is 4.06. The van der Waals surface area contributed by atoms with E-state index in [-0.39, 0.29) is 12.2 Å². The minimum Gasteiger partial charge on any atom is -0.491 e. The Morgan fingerprint density at radius 3 is 2.71 bits per heavy atom. The van der Waals surface area contributed by atoms with Gasteiger partial charge in [0.15, 0.2) is 0 Å². The number of Topliss-reactive ketones (excluding diaryl/α,β-unsaturated/α-hetero) is 2. The van der Waals surface area contributed by atoms with Crippen LogP contribution >= 0.6 is 23.4 Å². The van der Waals surface area contributed by atoms with Gasteiger partial charge in [0.05, 0.1) is 0 Å². The van der Waals surface area contributed by atoms with E-state index in [1.54, 1.807) is 12.1 Å². The van der Waals surface area contributed by atoms with Crippen molar-refractivity contribution in [2.75, 3.05) is 32.0 Å². The Bertz CT molecular complexity index is 1130. The number of benzene rings is 1. The Labute approximate surface area is 207 Å². The summed E-state index contributed by atoms with van der Waals surface area (Å²) < 4.78 is 12.2. The van der Waals surface area contributed by atoms with Crippen molar-refractivity contribution < 1.29 is 24.2 Å². The maximum atomic E-state index is 12.6. The average Bonchev–Trinajstić information content (AvgIpc) is 3.07. The number of ketones is 2. The quantitative estimate of drug-likeness (QED) is 0.612. The molecular formula is C26H26ClNO5S. The summed E-state index contributed by atoms with van der Waals surface area (Å²) in [5.74, 6) is 0.956. The summed E-state index contributed by atoms with van der Waals surface area (Å²) in [6, 6.07) is 7.16. The van der Waals surface area contributed by atoms with Crippen LogP contribution in [0, 0.1) is 0 Å². The number of allylic oxidation sites excluding steroid dienone is 6. The third-order valence-electron chi connectivity index (χ3n) is 6.54. The number of thioether (sulfide) groups is 1. The number of aliphatic hydroxyl groups is 1. The first-order chi connectivity index (χ1) is 16.4. The third-order valence-corrected chi connectivity index (χ3v) is 8.15. The largest absolute Gasteiger partial charge is 0.491 e. The van der Waals surface area contributed by atoms with Crippen molar-refractivity contribution in [3.8, 4) is 0 Å². The lowest BCUT2D eigenvalue weighted by molar-refractivity contribution is -0.111. The number of aliphatic hydroxyl groups excluding tert-OH is 1. The third kappa shape index (κ3) is 4.75. The van der Waals surface area contributed by atoms with Crippen molar-refractivity contribution in [3.05, 3.63) is 75.4 Å². The molecule has 0 saturated carbocycles. The Morgan fingerprint density at radius 2 is 1.91 bits per heavy atom. The highest BCUT2D eigenvalue weighted by molar-refractivity contribution is 8.04. The molecule has 5 rings (SSSR count). The molecule has 2 heterocycles. The Balaban J connectivity index is 1.18. The number of carbonyl (C=O) groups is 2. The number of halogens is 1. The van der Waals surface area contributed by atoms with Gasteiger partial charge in [0.2, 0.25) is 11.6 Å². The van der Waals surface area contributed by atoms with Gasteiger partial charge in [-0.15, -0.1) is 11.8 Å². The van der Waals surface area contributed by atoms with Crippen molar-refractivity contribution >= 4 is 40.7 Å². The second kappa shape index (κ2) is 9.74. The zero-order valence-corrected chi connectivity index (χ0v) is 20.2. The lowest BCUT2D eigenvalue weighted by Crippen LogP contribution is -2.51. The molecule has 1 fully saturated rings. The van der Waals surface area contributed by atoms with Crippen LogP contribution in [0.15, 0.2) is 64.3 Å². The van der Waals surface area contributed by atoms with Crippen LogP contribution in [0.2, 0.25) is 0 Å². The van der Waals surface area contributed by atoms with E-state index in [1.807, 2.05) is 36.4 Å². The van der Waals surface area contributed by atoms with Crippen molar-refractivity contribution in [3.63, 3.8) is 0 Å². The molecule has 1 atom stereocenters. The zero-order valence-electron chi connectivity index (χ0n) is 18.7. The number of fused-ring (bicyclic) bond motifs is 2. The SMILES string of the molecule is O=C1C(=O)c2ccccc2C2=C1SCC1(CCN(CC(O)COC3=CC=C(Cl)CC=C3)CC1)O2. The van der Waals surface area contributed by atoms with Gasteiger partial charge in [-0.1, -0.05) is 41.9 Å². The van der Waals surface area contributed by atoms with E-state index >= 15 is 0 Å². The number of likely N-dealkylation sites (tertiary alicyclic amines) is 1. The van der Waals surface area contributed by atoms with E-state index in [9.17, 15) is 14.7 Å². The lowest BCUT2D eigenvalue weighted by atomic mass is 9.90. The van der Waals surface area contributed by atoms with Gasteiger partial charge in [0, 0.05) is 60.8 Å². The Hall–Kier alpha value is -2.32. The van der Waals surface area contributed by atoms with Crippen LogP contribution in [0.1, 0.15) is 35.2 Å². The first-order valence-electron chi connectivity index (χ1n) is 11.4. The standard InChI is InChI=1S/C26H26ClNO5S/c27-17-4-3-5-19(9-8-17)32-15-18(29)14-28-12-10-26(11-13-28)16-34-25-23(31)22(30)20-6-1-2-7-21(20)24(25)33-26/h1-3,5-9,18,29H,4,10-16H2. The molecule has 2 aliphatic carbocycles. The summed E-state index contributed by atoms with van der Waals surface area (Å²) in [6.07, 6.45) is 9.06. The highest BCUT2D eigenvalue weighted by atomic mass is 35.5. The van der Waals surface area contributed by atoms with Gasteiger partial charge < -0.3 is 19.5 Å². The fourth-order valence-electron chi connectivity index (χ4n) is 4.62. The highest BCUT2D eigenvalue weighted by Gasteiger charge is 2.46. The first-order valence-corrected chi connectivity index (χ1v) is 12.8. The molecule has 0 aromatic heterocycles. The lowest BCUT2D eigenvalue weighted by Gasteiger charge is -2.45. The van der Waals surface area contributed by atoms with Crippen LogP contribution in [0.25, 0.3) is 5.76 Å². The summed E-state index contributed by atoms with van der Waals surface area (Å²) in [7, 11) is 0. The molecule has 1 spiro atoms. The number of β-amino-alcohol motifs (C(OH)–C–C–N with tert-alkyl or cyclic N) is 1. The van der Waals surface area contributed by atoms with Crippen molar-refractivity contribution in [1.82, 2.24) is 4.90 Å². The smallest absolute Gasteiger partial charge is 0.243 e. The van der Waals surface area contributed by atoms with Gasteiger partial charge in [-0.3, -0.25) is 9.59 Å². The summed E-state index contributed by atoms with van der Waals surface area (Å²) in [4.78, 5) is 27.7. The van der Waals surface area contributed by atoms with Crippen LogP contribution in [-0.4, -0.2) is 65.3 Å². The number of piperidine rings is 1. The maximum absolute atomic E-state index is 12.6. The molecule has 1 N–H and O–H groups in total. The molecule has 178 valence electrons. The molecule has 2 aliphatic heterocycles. The number of ether oxygens (including phenoxy) is 2. The number of carbonyl (C=O) groups excluding carboxylic acids is 2. The summed E-state index contributed by atoms with van der Waals surface area (Å²) in [6.45, 7) is 2.27. The minimum absolute atomic E-state index is 0.207. The fraction of sp³-hybridized carbons (Fsp3) is 0.385. The molecular weight excluding hydrogens is 474 g/mol. The van der Waals surface area contributed by atoms with Crippen molar-refractivity contribution in [1.29, 1.82) is 0 Å². The van der Waals surface area contributed by atoms with Gasteiger partial charge in [0.1, 0.15) is 34.7 Å². The zero-order chi connectivity index (χ0) is 23.7. The monoisotopic (exact) mass is 499 g/mol.